The summed E-state index contributed by atoms with van der Waals surface area (Å²) < 4.78 is 10.6. The Morgan fingerprint density at radius 1 is 0.182 bits per heavy atom. The van der Waals surface area contributed by atoms with Crippen LogP contribution in [0.1, 0.15) is 94.6 Å². The number of anilines is 10. The van der Waals surface area contributed by atoms with E-state index in [2.05, 4.69) is 585 Å². The third kappa shape index (κ3) is 32.3. The van der Waals surface area contributed by atoms with Gasteiger partial charge in [0, 0.05) is 0 Å². The van der Waals surface area contributed by atoms with E-state index in [9.17, 15) is 0 Å². The van der Waals surface area contributed by atoms with E-state index in [1.54, 1.807) is 0 Å². The summed E-state index contributed by atoms with van der Waals surface area (Å²) in [6.45, 7) is 25.6. The number of nitrogens with zero attached hydrogens (tertiary/aromatic N) is 5. The van der Waals surface area contributed by atoms with Crippen molar-refractivity contribution in [1.29, 1.82) is 0 Å². The first-order chi connectivity index (χ1) is 66.7. The molecule has 0 atom stereocenters. The van der Waals surface area contributed by atoms with Gasteiger partial charge in [-0.1, -0.05) is 0 Å². The number of aryl methyl sites for hydroxylation is 12. The molecule has 0 radical (unpaired) electrons. The average molecular weight is 2630 g/mol. The quantitative estimate of drug-likeness (QED) is 0.0253. The molecule has 0 aromatic heterocycles. The van der Waals surface area contributed by atoms with E-state index in [-0.39, 0.29) is 0 Å². The number of hydrogen-bond acceptors (Lipinski definition) is 5. The zero-order valence-electron chi connectivity index (χ0n) is 79.8. The number of benzene rings is 15. The van der Waals surface area contributed by atoms with Crippen LogP contribution in [0.5, 0.6) is 0 Å². The maximum absolute atomic E-state index is 3.71. The van der Waals surface area contributed by atoms with E-state index in [4.69, 9.17) is 0 Å². The number of hydrogen-bond donors (Lipinski definition) is 0. The number of rotatable bonds is 30. The van der Waals surface area contributed by atoms with Gasteiger partial charge in [0.1, 0.15) is 0 Å². The van der Waals surface area contributed by atoms with Gasteiger partial charge >= 0.3 is 880 Å². The SMILES string of the molecule is Cc1ccc(C(=[C-]N(c2ccccc2)c2ccc(C)cc2)C=C[CH]=[W])cc1.Cc1ccc(N([C-]=C(C=C[CH]=[W])c2cccc(C)c2)c2ccccc2)cc1.Cc1ccc(N([C-]=C(C=C[CH]=[W])c2ccccc2C)c2ccccc2)cc1.Cc1cccc(N([C-]=C(C=C[CH]=[W])c2ccccc2C)c2ccccc2C)c1.Cc1ccccc1C(=[C-]N(c1ccccc1C)c1ccccc1C)C=C[CH]=[W]. The predicted octanol–water partition coefficient (Wildman–Crippen LogP) is 31.6. The summed E-state index contributed by atoms with van der Waals surface area (Å²) in [5.41, 5.74) is 37.2. The molecule has 0 spiro atoms. The molecule has 15 aromatic rings. The van der Waals surface area contributed by atoms with Crippen LogP contribution in [-0.2, 0) is 96.8 Å². The second kappa shape index (κ2) is 56.3. The van der Waals surface area contributed by atoms with Crippen molar-refractivity contribution < 1.29 is 96.8 Å². The van der Waals surface area contributed by atoms with Crippen molar-refractivity contribution in [3.8, 4) is 0 Å². The molecule has 5 nitrogen and oxygen atoms in total. The normalized spacial score (nSPS) is 11.6. The summed E-state index contributed by atoms with van der Waals surface area (Å²) in [6.07, 6.45) is 39.5. The molecule has 0 unspecified atom stereocenters. The summed E-state index contributed by atoms with van der Waals surface area (Å²) in [6, 6.07) is 133. The molecule has 0 N–H and O–H groups in total. The molecule has 0 aliphatic rings. The van der Waals surface area contributed by atoms with E-state index in [0.717, 1.165) is 95.9 Å². The molecule has 0 amide bonds. The van der Waals surface area contributed by atoms with E-state index in [0.29, 0.717) is 0 Å². The van der Waals surface area contributed by atoms with Crippen molar-refractivity contribution in [2.75, 3.05) is 24.5 Å². The van der Waals surface area contributed by atoms with Gasteiger partial charge in [0.25, 0.3) is 0 Å². The Balaban J connectivity index is 0.000000164. The van der Waals surface area contributed by atoms with Crippen molar-refractivity contribution in [1.82, 2.24) is 0 Å². The van der Waals surface area contributed by atoms with Crippen molar-refractivity contribution in [3.63, 3.8) is 0 Å². The molecular weight excluding hydrogens is 2510 g/mol. The second-order valence-corrected chi connectivity index (χ2v) is 37.6. The van der Waals surface area contributed by atoms with Gasteiger partial charge in [-0.15, -0.1) is 0 Å². The van der Waals surface area contributed by atoms with Crippen molar-refractivity contribution in [2.24, 2.45) is 0 Å². The molecular formula is C127H114N5W5-5. The molecule has 0 saturated heterocycles. The van der Waals surface area contributed by atoms with Crippen LogP contribution in [-0.4, -0.2) is 22.0 Å². The standard InChI is InChI=1S/2C26H24N.3C25H22N.5W/c1-5-12-23(24-16-9-6-13-20(24)2)19-27(25-17-10-7-14-21(25)3)26-18-11-8-15-22(26)4;1-5-11-23(25-16-8-6-13-21(25)3)19-27(24-15-10-12-20(2)18-24)26-17-9-7-14-22(26)4;1-4-10-22(25-14-9-8-11-21(25)3)19-26(23-12-6-5-7-13-23)24-17-15-20(2)16-18-24;1-4-9-23(22-11-8-10-21(3)18-22)19-26(24-12-6-5-7-13-24)25-16-14-20(2)15-17-25;1-4-8-23(22-15-11-20(2)12-16-22)19-26(24-9-6-5-7-10-24)25-17-13-21(3)14-18-25;;;;;/h2*1,5-18H,2-4H3;3*1,4-18H,2-3H3;;;;;/q5*-1;;;;;. The number of para-hydroxylation sites is 6. The van der Waals surface area contributed by atoms with Crippen LogP contribution in [0.3, 0.4) is 0 Å². The fourth-order valence-corrected chi connectivity index (χ4v) is 16.2. The summed E-state index contributed by atoms with van der Waals surface area (Å²) >= 11 is 7.17. The van der Waals surface area contributed by atoms with Gasteiger partial charge < -0.3 is 0 Å². The third-order valence-corrected chi connectivity index (χ3v) is 24.9. The average Bonchev–Trinajstić information content (AvgIpc) is 0.806. The van der Waals surface area contributed by atoms with Crippen LogP contribution in [0.2, 0.25) is 0 Å². The Labute approximate surface area is 870 Å². The molecule has 10 heteroatoms. The van der Waals surface area contributed by atoms with Crippen LogP contribution in [0.15, 0.2) is 443 Å². The van der Waals surface area contributed by atoms with Crippen molar-refractivity contribution in [3.05, 3.63) is 569 Å². The zero-order valence-corrected chi connectivity index (χ0v) is 94.5. The zero-order chi connectivity index (χ0) is 97.1. The van der Waals surface area contributed by atoms with E-state index in [1.807, 2.05) is 18.2 Å². The molecule has 0 bridgehead atoms. The second-order valence-electron chi connectivity index (χ2n) is 32.7. The molecule has 15 rings (SSSR count). The number of allylic oxidation sites excluding steroid dienone is 15. The molecule has 137 heavy (non-hydrogen) atoms. The summed E-state index contributed by atoms with van der Waals surface area (Å²) in [4.78, 5) is 10.8. The monoisotopic (exact) mass is 2630 g/mol. The van der Waals surface area contributed by atoms with Gasteiger partial charge in [0.15, 0.2) is 0 Å². The van der Waals surface area contributed by atoms with Crippen LogP contribution < -0.4 is 24.5 Å². The van der Waals surface area contributed by atoms with Gasteiger partial charge in [-0.2, -0.15) is 0 Å². The fraction of sp³-hybridized carbons (Fsp3) is 0.0945. The molecule has 682 valence electrons. The van der Waals surface area contributed by atoms with Crippen molar-refractivity contribution >= 4 is 107 Å². The molecule has 0 aliphatic carbocycles. The topological polar surface area (TPSA) is 16.2 Å². The van der Waals surface area contributed by atoms with Gasteiger partial charge in [-0.05, 0) is 0 Å². The molecule has 0 heterocycles. The van der Waals surface area contributed by atoms with Crippen LogP contribution in [0, 0.1) is 114 Å². The Hall–Kier alpha value is -12.5. The molecule has 0 saturated carbocycles. The molecule has 0 aliphatic heterocycles. The third-order valence-electron chi connectivity index (χ3n) is 22.1. The van der Waals surface area contributed by atoms with Gasteiger partial charge in [0.05, 0.1) is 0 Å². The first kappa shape index (κ1) is 105. The Morgan fingerprint density at radius 2 is 0.423 bits per heavy atom. The predicted molar refractivity (Wildman–Crippen MR) is 573 cm³/mol. The minimum atomic E-state index is 1.05. The fourth-order valence-electron chi connectivity index (χ4n) is 14.8. The molecule has 0 fully saturated rings. The van der Waals surface area contributed by atoms with Crippen LogP contribution in [0.4, 0.5) is 56.9 Å². The van der Waals surface area contributed by atoms with E-state index >= 15 is 0 Å². The van der Waals surface area contributed by atoms with Crippen molar-refractivity contribution in [2.45, 2.75) is 83.1 Å². The summed E-state index contributed by atoms with van der Waals surface area (Å²) in [5, 5.41) is 0. The maximum atomic E-state index is 3.71. The van der Waals surface area contributed by atoms with Gasteiger partial charge in [-0.25, -0.2) is 0 Å². The first-order valence-electron chi connectivity index (χ1n) is 45.4. The molecule has 15 aromatic carbocycles. The Kier molecular flexibility index (Phi) is 43.1. The Morgan fingerprint density at radius 3 is 0.737 bits per heavy atom. The minimum absolute atomic E-state index is 1.05. The van der Waals surface area contributed by atoms with E-state index in [1.165, 1.54) is 180 Å². The first-order valence-corrected chi connectivity index (χ1v) is 53.9. The summed E-state index contributed by atoms with van der Waals surface area (Å²) in [7, 11) is 0. The summed E-state index contributed by atoms with van der Waals surface area (Å²) in [5.74, 6) is 0. The van der Waals surface area contributed by atoms with Crippen LogP contribution >= 0.6 is 0 Å². The Bertz CT molecular complexity index is 6770. The van der Waals surface area contributed by atoms with Crippen LogP contribution in [0.25, 0.3) is 27.9 Å². The van der Waals surface area contributed by atoms with Gasteiger partial charge in [0.2, 0.25) is 0 Å². The van der Waals surface area contributed by atoms with E-state index < -0.39 is 0 Å². The van der Waals surface area contributed by atoms with Gasteiger partial charge in [-0.3, -0.25) is 0 Å².